The van der Waals surface area contributed by atoms with E-state index >= 15 is 0 Å². The molecule has 0 radical (unpaired) electrons. The number of carbonyl (C=O) groups excluding carboxylic acids is 2. The van der Waals surface area contributed by atoms with Crippen LogP contribution >= 0.6 is 0 Å². The molecule has 156 valence electrons. The van der Waals surface area contributed by atoms with Crippen molar-refractivity contribution in [1.29, 1.82) is 0 Å². The maximum Gasteiger partial charge on any atom is 0.256 e. The minimum Gasteiger partial charge on any atom is -0.273 e. The average Bonchev–Trinajstić information content (AvgIpc) is 2.66. The zero-order chi connectivity index (χ0) is 21.4. The number of sulfonamides is 1. The second-order valence-electron chi connectivity index (χ2n) is 6.93. The lowest BCUT2D eigenvalue weighted by Gasteiger charge is -2.19. The lowest BCUT2D eigenvalue weighted by molar-refractivity contribution is -0.130. The number of amides is 2. The summed E-state index contributed by atoms with van der Waals surface area (Å²) in [6.07, 6.45) is 0.213. The third kappa shape index (κ3) is 6.95. The number of benzene rings is 2. The lowest BCUT2D eigenvalue weighted by atomic mass is 10.1. The Hall–Kier alpha value is -2.78. The molecule has 9 heteroatoms. The minimum atomic E-state index is -4.31. The van der Waals surface area contributed by atoms with Crippen LogP contribution in [0.3, 0.4) is 0 Å². The molecular formula is C20H24FN3O4S. The maximum atomic E-state index is 14.0. The molecule has 0 aliphatic heterocycles. The van der Waals surface area contributed by atoms with Crippen molar-refractivity contribution in [3.63, 3.8) is 0 Å². The summed E-state index contributed by atoms with van der Waals surface area (Å²) in [4.78, 5) is 23.8. The van der Waals surface area contributed by atoms with Crippen LogP contribution in [-0.4, -0.2) is 26.3 Å². The van der Waals surface area contributed by atoms with Gasteiger partial charge in [-0.25, -0.2) is 12.8 Å². The van der Waals surface area contributed by atoms with Gasteiger partial charge >= 0.3 is 0 Å². The van der Waals surface area contributed by atoms with Crippen molar-refractivity contribution in [2.75, 3.05) is 0 Å². The maximum absolute atomic E-state index is 14.0. The van der Waals surface area contributed by atoms with Crippen LogP contribution in [-0.2, 0) is 26.0 Å². The predicted molar refractivity (Wildman–Crippen MR) is 106 cm³/mol. The van der Waals surface area contributed by atoms with Gasteiger partial charge in [0.25, 0.3) is 5.91 Å². The lowest BCUT2D eigenvalue weighted by Crippen LogP contribution is -2.53. The largest absolute Gasteiger partial charge is 0.273 e. The van der Waals surface area contributed by atoms with Gasteiger partial charge in [0.2, 0.25) is 15.9 Å². The number of hydrazine groups is 1. The van der Waals surface area contributed by atoms with Crippen molar-refractivity contribution in [3.05, 3.63) is 66.0 Å². The molecule has 3 N–H and O–H groups in total. The van der Waals surface area contributed by atoms with Gasteiger partial charge in [-0.1, -0.05) is 56.3 Å². The van der Waals surface area contributed by atoms with Crippen LogP contribution in [0.15, 0.2) is 59.5 Å². The predicted octanol–water partition coefficient (Wildman–Crippen LogP) is 1.91. The third-order valence-electron chi connectivity index (χ3n) is 3.94. The van der Waals surface area contributed by atoms with Gasteiger partial charge in [-0.3, -0.25) is 20.4 Å². The van der Waals surface area contributed by atoms with Crippen molar-refractivity contribution in [3.8, 4) is 0 Å². The summed E-state index contributed by atoms with van der Waals surface area (Å²) in [5.74, 6) is -2.00. The molecule has 2 aromatic carbocycles. The monoisotopic (exact) mass is 421 g/mol. The summed E-state index contributed by atoms with van der Waals surface area (Å²) in [7, 11) is -4.31. The SMILES string of the molecule is CC(C)CC(=O)NNC(=O)C(Cc1ccccc1)NS(=O)(=O)c1ccccc1F. The van der Waals surface area contributed by atoms with Crippen LogP contribution in [0, 0.1) is 11.7 Å². The molecular weight excluding hydrogens is 397 g/mol. The van der Waals surface area contributed by atoms with E-state index in [9.17, 15) is 22.4 Å². The zero-order valence-electron chi connectivity index (χ0n) is 16.2. The molecule has 0 aromatic heterocycles. The van der Waals surface area contributed by atoms with Crippen LogP contribution in [0.4, 0.5) is 4.39 Å². The molecule has 7 nitrogen and oxygen atoms in total. The second-order valence-corrected chi connectivity index (χ2v) is 8.61. The molecule has 0 aliphatic carbocycles. The van der Waals surface area contributed by atoms with Crippen LogP contribution in [0.25, 0.3) is 0 Å². The van der Waals surface area contributed by atoms with E-state index in [-0.39, 0.29) is 18.8 Å². The number of rotatable bonds is 8. The van der Waals surface area contributed by atoms with E-state index in [1.807, 2.05) is 13.8 Å². The summed E-state index contributed by atoms with van der Waals surface area (Å²) >= 11 is 0. The summed E-state index contributed by atoms with van der Waals surface area (Å²) in [5.41, 5.74) is 5.20. The standard InChI is InChI=1S/C20H24FN3O4S/c1-14(2)12-19(25)22-23-20(26)17(13-15-8-4-3-5-9-15)24-29(27,28)18-11-7-6-10-16(18)21/h3-11,14,17,24H,12-13H2,1-2H3,(H,22,25)(H,23,26). The number of halogens is 1. The Morgan fingerprint density at radius 2 is 1.59 bits per heavy atom. The smallest absolute Gasteiger partial charge is 0.256 e. The minimum absolute atomic E-state index is 0.0143. The zero-order valence-corrected chi connectivity index (χ0v) is 17.0. The highest BCUT2D eigenvalue weighted by atomic mass is 32.2. The molecule has 0 spiro atoms. The van der Waals surface area contributed by atoms with E-state index < -0.39 is 38.6 Å². The summed E-state index contributed by atoms with van der Waals surface area (Å²) in [5, 5.41) is 0. The molecule has 0 aliphatic rings. The van der Waals surface area contributed by atoms with Crippen LogP contribution in [0.5, 0.6) is 0 Å². The fraction of sp³-hybridized carbons (Fsp3) is 0.300. The van der Waals surface area contributed by atoms with Gasteiger partial charge in [-0.05, 0) is 30.0 Å². The molecule has 2 rings (SSSR count). The molecule has 0 bridgehead atoms. The van der Waals surface area contributed by atoms with Gasteiger partial charge < -0.3 is 0 Å². The third-order valence-corrected chi connectivity index (χ3v) is 5.45. The molecule has 0 heterocycles. The molecule has 2 amide bonds. The van der Waals surface area contributed by atoms with E-state index in [1.165, 1.54) is 12.1 Å². The van der Waals surface area contributed by atoms with Gasteiger partial charge in [0.1, 0.15) is 16.8 Å². The van der Waals surface area contributed by atoms with Gasteiger partial charge in [0.15, 0.2) is 0 Å². The van der Waals surface area contributed by atoms with Gasteiger partial charge in [-0.15, -0.1) is 0 Å². The van der Waals surface area contributed by atoms with Crippen molar-refractivity contribution in [2.45, 2.75) is 37.6 Å². The Labute approximate surface area is 169 Å². The van der Waals surface area contributed by atoms with Crippen LogP contribution < -0.4 is 15.6 Å². The molecule has 0 fully saturated rings. The Balaban J connectivity index is 2.19. The summed E-state index contributed by atoms with van der Waals surface area (Å²) in [6.45, 7) is 3.70. The fourth-order valence-electron chi connectivity index (χ4n) is 2.59. The summed E-state index contributed by atoms with van der Waals surface area (Å²) < 4.78 is 41.4. The molecule has 1 unspecified atom stereocenters. The molecule has 2 aromatic rings. The molecule has 0 saturated carbocycles. The Morgan fingerprint density at radius 3 is 2.21 bits per heavy atom. The van der Waals surface area contributed by atoms with Gasteiger partial charge in [0.05, 0.1) is 0 Å². The highest BCUT2D eigenvalue weighted by Crippen LogP contribution is 2.15. The van der Waals surface area contributed by atoms with Crippen LogP contribution in [0.2, 0.25) is 0 Å². The van der Waals surface area contributed by atoms with Crippen molar-refractivity contribution < 1.29 is 22.4 Å². The normalized spacial score (nSPS) is 12.4. The highest BCUT2D eigenvalue weighted by Gasteiger charge is 2.28. The second kappa shape index (κ2) is 10.1. The average molecular weight is 421 g/mol. The molecule has 29 heavy (non-hydrogen) atoms. The Morgan fingerprint density at radius 1 is 0.966 bits per heavy atom. The van der Waals surface area contributed by atoms with Crippen LogP contribution in [0.1, 0.15) is 25.8 Å². The highest BCUT2D eigenvalue weighted by molar-refractivity contribution is 7.89. The number of hydrogen-bond acceptors (Lipinski definition) is 4. The first-order valence-electron chi connectivity index (χ1n) is 9.08. The van der Waals surface area contributed by atoms with Gasteiger partial charge in [0, 0.05) is 6.42 Å². The van der Waals surface area contributed by atoms with E-state index in [4.69, 9.17) is 0 Å². The van der Waals surface area contributed by atoms with E-state index in [2.05, 4.69) is 15.6 Å². The topological polar surface area (TPSA) is 104 Å². The molecule has 0 saturated heterocycles. The Bertz CT molecular complexity index is 949. The first-order chi connectivity index (χ1) is 13.7. The van der Waals surface area contributed by atoms with Gasteiger partial charge in [-0.2, -0.15) is 4.72 Å². The number of nitrogens with one attached hydrogen (secondary N) is 3. The Kier molecular flexibility index (Phi) is 7.86. The van der Waals surface area contributed by atoms with E-state index in [1.54, 1.807) is 30.3 Å². The number of hydrogen-bond donors (Lipinski definition) is 3. The molecule has 1 atom stereocenters. The van der Waals surface area contributed by atoms with E-state index in [0.717, 1.165) is 12.1 Å². The number of carbonyl (C=O) groups is 2. The van der Waals surface area contributed by atoms with Crippen molar-refractivity contribution in [1.82, 2.24) is 15.6 Å². The van der Waals surface area contributed by atoms with Crippen molar-refractivity contribution in [2.24, 2.45) is 5.92 Å². The fourth-order valence-corrected chi connectivity index (χ4v) is 3.87. The first kappa shape index (κ1) is 22.5. The van der Waals surface area contributed by atoms with Crippen molar-refractivity contribution >= 4 is 21.8 Å². The summed E-state index contributed by atoms with van der Waals surface area (Å²) in [6, 6.07) is 12.4. The first-order valence-corrected chi connectivity index (χ1v) is 10.6. The van der Waals surface area contributed by atoms with E-state index in [0.29, 0.717) is 5.56 Å². The quantitative estimate of drug-likeness (QED) is 0.567.